The lowest BCUT2D eigenvalue weighted by atomic mass is 9.53. The van der Waals surface area contributed by atoms with Crippen molar-refractivity contribution in [3.63, 3.8) is 0 Å². The quantitative estimate of drug-likeness (QED) is 0.396. The molecule has 1 heterocycles. The van der Waals surface area contributed by atoms with Gasteiger partial charge in [-0.3, -0.25) is 9.36 Å². The van der Waals surface area contributed by atoms with Gasteiger partial charge in [-0.2, -0.15) is 0 Å². The first-order valence-corrected chi connectivity index (χ1v) is 14.7. The van der Waals surface area contributed by atoms with Crippen LogP contribution in [0.2, 0.25) is 0 Å². The third-order valence-corrected chi connectivity index (χ3v) is 9.28. The molecule has 4 saturated carbocycles. The molecule has 1 aromatic carbocycles. The van der Waals surface area contributed by atoms with E-state index in [4.69, 9.17) is 15.5 Å². The van der Waals surface area contributed by atoms with Crippen LogP contribution in [0.15, 0.2) is 29.1 Å². The number of methoxy groups -OCH3 is 1. The number of urea groups is 1. The molecule has 2 amide bonds. The zero-order valence-corrected chi connectivity index (χ0v) is 23.2. The van der Waals surface area contributed by atoms with E-state index in [2.05, 4.69) is 5.32 Å². The van der Waals surface area contributed by atoms with Gasteiger partial charge in [-0.1, -0.05) is 25.0 Å². The van der Waals surface area contributed by atoms with Crippen LogP contribution in [0.5, 0.6) is 0 Å². The number of ether oxygens (including phenoxy) is 1. The van der Waals surface area contributed by atoms with Gasteiger partial charge in [-0.15, -0.1) is 0 Å². The van der Waals surface area contributed by atoms with Crippen molar-refractivity contribution in [3.05, 3.63) is 40.4 Å². The molecule has 208 valence electrons. The normalized spacial score (nSPS) is 26.6. The first kappa shape index (κ1) is 27.1. The second-order valence-electron chi connectivity index (χ2n) is 12.1. The zero-order valence-electron chi connectivity index (χ0n) is 23.2. The minimum atomic E-state index is -0.354. The summed E-state index contributed by atoms with van der Waals surface area (Å²) < 4.78 is 7.03. The van der Waals surface area contributed by atoms with Gasteiger partial charge in [0.05, 0.1) is 30.1 Å². The summed E-state index contributed by atoms with van der Waals surface area (Å²) in [6.45, 7) is 4.13. The van der Waals surface area contributed by atoms with E-state index in [1.165, 1.54) is 19.3 Å². The van der Waals surface area contributed by atoms with E-state index < -0.39 is 0 Å². The number of benzene rings is 1. The van der Waals surface area contributed by atoms with Gasteiger partial charge in [0.15, 0.2) is 0 Å². The summed E-state index contributed by atoms with van der Waals surface area (Å²) in [5.74, 6) is 2.88. The molecule has 0 radical (unpaired) electrons. The van der Waals surface area contributed by atoms with Crippen molar-refractivity contribution < 1.29 is 9.53 Å². The van der Waals surface area contributed by atoms with Crippen LogP contribution in [0.4, 0.5) is 4.79 Å². The Bertz CT molecular complexity index is 1140. The van der Waals surface area contributed by atoms with E-state index in [0.29, 0.717) is 43.0 Å². The van der Waals surface area contributed by atoms with Crippen molar-refractivity contribution in [2.24, 2.45) is 23.5 Å². The van der Waals surface area contributed by atoms with Gasteiger partial charge in [0, 0.05) is 19.2 Å². The Hall–Kier alpha value is -2.45. The largest absolute Gasteiger partial charge is 0.383 e. The van der Waals surface area contributed by atoms with E-state index in [9.17, 15) is 9.59 Å². The molecule has 0 saturated heterocycles. The van der Waals surface area contributed by atoms with Crippen LogP contribution in [0, 0.1) is 17.8 Å². The van der Waals surface area contributed by atoms with E-state index in [0.717, 1.165) is 62.7 Å². The fourth-order valence-corrected chi connectivity index (χ4v) is 7.86. The molecule has 6 rings (SSSR count). The predicted octanol–water partition coefficient (Wildman–Crippen LogP) is 4.60. The van der Waals surface area contributed by atoms with E-state index in [1.54, 1.807) is 11.7 Å². The summed E-state index contributed by atoms with van der Waals surface area (Å²) in [5.41, 5.74) is 6.21. The molecule has 8 heteroatoms. The molecule has 1 aromatic heterocycles. The van der Waals surface area contributed by atoms with Crippen LogP contribution in [0.1, 0.15) is 83.0 Å². The highest BCUT2D eigenvalue weighted by atomic mass is 16.5. The Labute approximate surface area is 226 Å². The molecule has 0 aliphatic heterocycles. The minimum Gasteiger partial charge on any atom is -0.383 e. The Balaban J connectivity index is 1.43. The van der Waals surface area contributed by atoms with Crippen molar-refractivity contribution in [2.75, 3.05) is 26.8 Å². The molecule has 4 aliphatic carbocycles. The molecule has 4 bridgehead atoms. The summed E-state index contributed by atoms with van der Waals surface area (Å²) in [7, 11) is 1.63. The third kappa shape index (κ3) is 5.62. The Morgan fingerprint density at radius 2 is 1.79 bits per heavy atom. The van der Waals surface area contributed by atoms with Crippen LogP contribution in [-0.4, -0.2) is 52.8 Å². The second-order valence-corrected chi connectivity index (χ2v) is 12.1. The maximum Gasteiger partial charge on any atom is 0.318 e. The number of nitrogens with one attached hydrogen (secondary N) is 1. The molecule has 3 N–H and O–H groups in total. The van der Waals surface area contributed by atoms with Crippen LogP contribution in [0.3, 0.4) is 0 Å². The number of aromatic nitrogens is 2. The van der Waals surface area contributed by atoms with Crippen molar-refractivity contribution in [1.82, 2.24) is 19.8 Å². The molecule has 0 spiro atoms. The number of amides is 2. The number of nitrogens with two attached hydrogens (primary N) is 1. The number of rotatable bonds is 12. The van der Waals surface area contributed by atoms with Gasteiger partial charge in [-0.25, -0.2) is 9.78 Å². The number of fused-ring (bicyclic) bond motifs is 1. The van der Waals surface area contributed by atoms with Gasteiger partial charge in [-0.05, 0) is 94.7 Å². The summed E-state index contributed by atoms with van der Waals surface area (Å²) in [6.07, 6.45) is 11.3. The molecular formula is C30H45N5O3. The number of carbonyl (C=O) groups excluding carboxylic acids is 1. The first-order valence-electron chi connectivity index (χ1n) is 14.7. The standard InChI is InChI=1S/C30H45N5O3/c1-21(27-32-26-10-6-5-9-25(26)28(36)35(27)13-14-38-2)34(12-8-4-3-7-11-31)29(37)33-30-18-22-15-23(19-30)17-24(16-22)20-30/h5-6,9-10,21-24H,3-4,7-8,11-20,31H2,1-2H3,(H,33,37). The summed E-state index contributed by atoms with van der Waals surface area (Å²) in [4.78, 5) is 34.5. The number of para-hydroxylation sites is 1. The summed E-state index contributed by atoms with van der Waals surface area (Å²) in [5, 5.41) is 4.16. The van der Waals surface area contributed by atoms with Gasteiger partial charge in [0.1, 0.15) is 5.82 Å². The van der Waals surface area contributed by atoms with Crippen molar-refractivity contribution in [1.29, 1.82) is 0 Å². The maximum atomic E-state index is 14.1. The summed E-state index contributed by atoms with van der Waals surface area (Å²) in [6, 6.07) is 7.09. The maximum absolute atomic E-state index is 14.1. The molecule has 1 atom stereocenters. The van der Waals surface area contributed by atoms with E-state index in [-0.39, 0.29) is 23.2 Å². The minimum absolute atomic E-state index is 0.0148. The second kappa shape index (κ2) is 11.7. The number of carbonyl (C=O) groups is 1. The Morgan fingerprint density at radius 3 is 2.45 bits per heavy atom. The lowest BCUT2D eigenvalue weighted by Crippen LogP contribution is -2.62. The van der Waals surface area contributed by atoms with Crippen molar-refractivity contribution in [2.45, 2.75) is 89.3 Å². The van der Waals surface area contributed by atoms with Gasteiger partial charge in [0.25, 0.3) is 5.56 Å². The number of hydrogen-bond acceptors (Lipinski definition) is 5. The SMILES string of the molecule is COCCn1c(C(C)N(CCCCCCN)C(=O)NC23CC4CC(CC(C4)C2)C3)nc2ccccc2c1=O. The van der Waals surface area contributed by atoms with E-state index in [1.807, 2.05) is 36.1 Å². The lowest BCUT2D eigenvalue weighted by Gasteiger charge is -2.57. The Kier molecular flexibility index (Phi) is 8.38. The molecule has 1 unspecified atom stereocenters. The van der Waals surface area contributed by atoms with Crippen LogP contribution in [-0.2, 0) is 11.3 Å². The van der Waals surface area contributed by atoms with Gasteiger partial charge in [0.2, 0.25) is 0 Å². The summed E-state index contributed by atoms with van der Waals surface area (Å²) >= 11 is 0. The Morgan fingerprint density at radius 1 is 1.13 bits per heavy atom. The average Bonchev–Trinajstić information content (AvgIpc) is 2.88. The molecular weight excluding hydrogens is 478 g/mol. The average molecular weight is 524 g/mol. The highest BCUT2D eigenvalue weighted by Gasteiger charge is 2.52. The number of unbranched alkanes of at least 4 members (excludes halogenated alkanes) is 3. The van der Waals surface area contributed by atoms with Crippen molar-refractivity contribution >= 4 is 16.9 Å². The predicted molar refractivity (Wildman–Crippen MR) is 150 cm³/mol. The lowest BCUT2D eigenvalue weighted by molar-refractivity contribution is -0.0164. The van der Waals surface area contributed by atoms with Crippen molar-refractivity contribution in [3.8, 4) is 0 Å². The highest BCUT2D eigenvalue weighted by molar-refractivity contribution is 5.78. The fraction of sp³-hybridized carbons (Fsp3) is 0.700. The number of nitrogens with zero attached hydrogens (tertiary/aromatic N) is 3. The smallest absolute Gasteiger partial charge is 0.318 e. The third-order valence-electron chi connectivity index (χ3n) is 9.28. The van der Waals surface area contributed by atoms with Gasteiger partial charge >= 0.3 is 6.03 Å². The number of hydrogen-bond donors (Lipinski definition) is 2. The van der Waals surface area contributed by atoms with Crippen LogP contribution >= 0.6 is 0 Å². The molecule has 38 heavy (non-hydrogen) atoms. The van der Waals surface area contributed by atoms with E-state index >= 15 is 0 Å². The molecule has 4 aliphatic rings. The molecule has 4 fully saturated rings. The molecule has 2 aromatic rings. The zero-order chi connectivity index (χ0) is 26.7. The fourth-order valence-electron chi connectivity index (χ4n) is 7.86. The monoisotopic (exact) mass is 523 g/mol. The first-order chi connectivity index (χ1) is 18.4. The topological polar surface area (TPSA) is 102 Å². The van der Waals surface area contributed by atoms with Crippen LogP contribution in [0.25, 0.3) is 10.9 Å². The highest BCUT2D eigenvalue weighted by Crippen LogP contribution is 2.55. The van der Waals surface area contributed by atoms with Gasteiger partial charge < -0.3 is 20.7 Å². The molecule has 8 nitrogen and oxygen atoms in total. The van der Waals surface area contributed by atoms with Crippen LogP contribution < -0.4 is 16.6 Å².